The molecule has 2 nitrogen and oxygen atoms in total. The molecule has 7 aliphatic carbocycles. The van der Waals surface area contributed by atoms with Gasteiger partial charge in [0.15, 0.2) is 0 Å². The van der Waals surface area contributed by atoms with E-state index in [1.54, 1.807) is 0 Å². The molecule has 7 aliphatic rings. The van der Waals surface area contributed by atoms with Crippen LogP contribution in [0.5, 0.6) is 11.5 Å². The van der Waals surface area contributed by atoms with Gasteiger partial charge in [-0.25, -0.2) is 0 Å². The molecule has 22 heavy (non-hydrogen) atoms. The molecule has 8 atom stereocenters. The summed E-state index contributed by atoms with van der Waals surface area (Å²) < 4.78 is 11.6. The molecule has 8 rings (SSSR count). The Hall–Kier alpha value is -1.44. The minimum atomic E-state index is 0.600. The summed E-state index contributed by atoms with van der Waals surface area (Å²) in [5, 5.41) is 0. The molecule has 0 aliphatic heterocycles. The highest BCUT2D eigenvalue weighted by Crippen LogP contribution is 3.06. The highest BCUT2D eigenvalue weighted by atomic mass is 16.5. The predicted octanol–water partition coefficient (Wildman–Crippen LogP) is 3.73. The number of hydrogen-bond acceptors (Lipinski definition) is 2. The summed E-state index contributed by atoms with van der Waals surface area (Å²) in [6, 6.07) is 4.28. The van der Waals surface area contributed by atoms with Crippen LogP contribution in [-0.4, -0.2) is 14.2 Å². The third-order valence-electron chi connectivity index (χ3n) is 8.94. The van der Waals surface area contributed by atoms with Gasteiger partial charge in [0.25, 0.3) is 0 Å². The zero-order chi connectivity index (χ0) is 14.4. The van der Waals surface area contributed by atoms with Gasteiger partial charge in [0, 0.05) is 11.1 Å². The van der Waals surface area contributed by atoms with Crippen molar-refractivity contribution in [2.45, 2.75) is 24.7 Å². The molecule has 1 aromatic carbocycles. The number of allylic oxidation sites excluding steroid dienone is 2. The van der Waals surface area contributed by atoms with Crippen molar-refractivity contribution >= 4 is 0 Å². The summed E-state index contributed by atoms with van der Waals surface area (Å²) in [4.78, 5) is 0. The van der Waals surface area contributed by atoms with E-state index in [9.17, 15) is 0 Å². The fraction of sp³-hybridized carbons (Fsp3) is 0.600. The molecule has 0 N–H and O–H groups in total. The number of ether oxygens (including phenoxy) is 2. The van der Waals surface area contributed by atoms with Gasteiger partial charge in [-0.1, -0.05) is 12.2 Å². The van der Waals surface area contributed by atoms with E-state index in [0.29, 0.717) is 10.8 Å². The van der Waals surface area contributed by atoms with Crippen LogP contribution in [0.15, 0.2) is 24.3 Å². The van der Waals surface area contributed by atoms with Crippen molar-refractivity contribution in [2.75, 3.05) is 14.2 Å². The summed E-state index contributed by atoms with van der Waals surface area (Å²) in [5.41, 5.74) is 4.27. The Kier molecular flexibility index (Phi) is 1.45. The van der Waals surface area contributed by atoms with Crippen LogP contribution in [0.4, 0.5) is 0 Å². The third kappa shape index (κ3) is 0.654. The quantitative estimate of drug-likeness (QED) is 0.773. The lowest BCUT2D eigenvalue weighted by atomic mass is 9.00. The first-order valence-corrected chi connectivity index (χ1v) is 8.72. The van der Waals surface area contributed by atoms with Gasteiger partial charge in [-0.2, -0.15) is 0 Å². The molecule has 0 unspecified atom stereocenters. The Labute approximate surface area is 130 Å². The first kappa shape index (κ1) is 11.2. The number of methoxy groups -OCH3 is 2. The smallest absolute Gasteiger partial charge is 0.122 e. The van der Waals surface area contributed by atoms with E-state index in [-0.39, 0.29) is 0 Å². The van der Waals surface area contributed by atoms with Gasteiger partial charge < -0.3 is 9.47 Å². The minimum absolute atomic E-state index is 0.600. The molecule has 4 saturated carbocycles. The van der Waals surface area contributed by atoms with Crippen molar-refractivity contribution in [1.82, 2.24) is 0 Å². The lowest BCUT2D eigenvalue weighted by Crippen LogP contribution is -2.98. The van der Waals surface area contributed by atoms with Gasteiger partial charge in [0.05, 0.1) is 14.2 Å². The molecule has 1 aromatic rings. The lowest BCUT2D eigenvalue weighted by molar-refractivity contribution is -0.516. The second-order valence-electron chi connectivity index (χ2n) is 8.42. The number of rotatable bonds is 2. The fourth-order valence-electron chi connectivity index (χ4n) is 8.92. The maximum absolute atomic E-state index is 5.79. The van der Waals surface area contributed by atoms with E-state index >= 15 is 0 Å². The third-order valence-corrected chi connectivity index (χ3v) is 8.94. The maximum atomic E-state index is 5.79. The average Bonchev–Trinajstić information content (AvgIpc) is 2.54. The van der Waals surface area contributed by atoms with Crippen molar-refractivity contribution in [1.29, 1.82) is 0 Å². The molecular weight excluding hydrogens is 272 g/mol. The lowest BCUT2D eigenvalue weighted by Gasteiger charge is -3.03. The molecule has 4 fully saturated rings. The number of benzene rings is 1. The largest absolute Gasteiger partial charge is 0.496 e. The Bertz CT molecular complexity index is 730. The van der Waals surface area contributed by atoms with Crippen molar-refractivity contribution in [3.8, 4) is 11.5 Å². The minimum Gasteiger partial charge on any atom is -0.496 e. The average molecular weight is 292 g/mol. The van der Waals surface area contributed by atoms with Gasteiger partial charge in [-0.05, 0) is 71.3 Å². The fourth-order valence-corrected chi connectivity index (χ4v) is 8.92. The predicted molar refractivity (Wildman–Crippen MR) is 82.2 cm³/mol. The van der Waals surface area contributed by atoms with Crippen LogP contribution >= 0.6 is 0 Å². The summed E-state index contributed by atoms with van der Waals surface area (Å²) >= 11 is 0. The summed E-state index contributed by atoms with van der Waals surface area (Å²) in [7, 11) is 3.66. The molecule has 0 amide bonds. The van der Waals surface area contributed by atoms with Crippen LogP contribution in [-0.2, 0) is 0 Å². The standard InChI is InChI=1S/C20H20O2/c1-21-9-5-6-10(22-2)12-11(9)15-13-14-16(12)20-8-4-3-7-19(15,20)17(13)18(14)20/h3-6,13-18H,7-8H2,1-2H3/t13-,14-,15-,16-,17-,18+,19-,20+/m1/s1. The molecule has 0 saturated heterocycles. The Morgan fingerprint density at radius 3 is 1.68 bits per heavy atom. The van der Waals surface area contributed by atoms with E-state index in [0.717, 1.165) is 47.0 Å². The second kappa shape index (κ2) is 2.86. The van der Waals surface area contributed by atoms with Crippen molar-refractivity contribution in [3.05, 3.63) is 35.4 Å². The van der Waals surface area contributed by atoms with Gasteiger partial charge in [-0.3, -0.25) is 0 Å². The molecule has 0 radical (unpaired) electrons. The molecule has 112 valence electrons. The van der Waals surface area contributed by atoms with E-state index in [1.165, 1.54) is 24.0 Å². The zero-order valence-corrected chi connectivity index (χ0v) is 13.0. The Morgan fingerprint density at radius 2 is 1.27 bits per heavy atom. The molecule has 2 bridgehead atoms. The van der Waals surface area contributed by atoms with Crippen LogP contribution in [0.3, 0.4) is 0 Å². The molecule has 0 aromatic heterocycles. The van der Waals surface area contributed by atoms with Crippen LogP contribution in [0.2, 0.25) is 0 Å². The summed E-state index contributed by atoms with van der Waals surface area (Å²) in [6.45, 7) is 0. The van der Waals surface area contributed by atoms with Gasteiger partial charge in [0.2, 0.25) is 0 Å². The SMILES string of the molecule is COc1ccc(OC)c2c1[C@@H]1[C@H]3[C@H]4[C@H]5[C@@H]3[C@@]13CC=CC[C@]53[C@H]24. The highest BCUT2D eigenvalue weighted by Gasteiger charge is 3.01. The second-order valence-corrected chi connectivity index (χ2v) is 8.42. The maximum Gasteiger partial charge on any atom is 0.122 e. The zero-order valence-electron chi connectivity index (χ0n) is 13.0. The van der Waals surface area contributed by atoms with Crippen LogP contribution in [0.25, 0.3) is 0 Å². The van der Waals surface area contributed by atoms with Gasteiger partial charge >= 0.3 is 0 Å². The Balaban J connectivity index is 1.58. The Morgan fingerprint density at radius 1 is 0.818 bits per heavy atom. The van der Waals surface area contributed by atoms with Crippen LogP contribution < -0.4 is 9.47 Å². The van der Waals surface area contributed by atoms with Crippen LogP contribution in [0, 0.1) is 34.5 Å². The molecule has 0 heterocycles. The highest BCUT2D eigenvalue weighted by molar-refractivity contribution is 5.69. The molecule has 2 heteroatoms. The van der Waals surface area contributed by atoms with E-state index in [2.05, 4.69) is 24.3 Å². The first-order valence-electron chi connectivity index (χ1n) is 8.72. The summed E-state index contributed by atoms with van der Waals surface area (Å²) in [5.74, 6) is 7.78. The van der Waals surface area contributed by atoms with E-state index in [4.69, 9.17) is 9.47 Å². The van der Waals surface area contributed by atoms with E-state index < -0.39 is 0 Å². The number of hydrogen-bond donors (Lipinski definition) is 0. The summed E-state index contributed by atoms with van der Waals surface area (Å²) in [6.07, 6.45) is 7.59. The van der Waals surface area contributed by atoms with Gasteiger partial charge in [-0.15, -0.1) is 0 Å². The van der Waals surface area contributed by atoms with Crippen LogP contribution in [0.1, 0.15) is 35.8 Å². The van der Waals surface area contributed by atoms with Crippen molar-refractivity contribution in [3.63, 3.8) is 0 Å². The van der Waals surface area contributed by atoms with Crippen molar-refractivity contribution < 1.29 is 9.47 Å². The van der Waals surface area contributed by atoms with Crippen molar-refractivity contribution in [2.24, 2.45) is 34.5 Å². The monoisotopic (exact) mass is 292 g/mol. The topological polar surface area (TPSA) is 18.5 Å². The molecule has 2 spiro atoms. The molecular formula is C20H20O2. The van der Waals surface area contributed by atoms with E-state index in [1.807, 2.05) is 14.2 Å². The first-order chi connectivity index (χ1) is 10.8. The van der Waals surface area contributed by atoms with Gasteiger partial charge in [0.1, 0.15) is 11.5 Å². The normalized spacial score (nSPS) is 55.5.